The van der Waals surface area contributed by atoms with Gasteiger partial charge in [-0.25, -0.2) is 0 Å². The Kier molecular flexibility index (Phi) is 4.95. The van der Waals surface area contributed by atoms with Gasteiger partial charge in [0.15, 0.2) is 0 Å². The van der Waals surface area contributed by atoms with Crippen LogP contribution in [0.5, 0.6) is 5.75 Å². The molecule has 0 saturated carbocycles. The van der Waals surface area contributed by atoms with E-state index in [0.717, 1.165) is 17.7 Å². The van der Waals surface area contributed by atoms with E-state index in [1.165, 1.54) is 5.56 Å². The fraction of sp³-hybridized carbons (Fsp3) is 0.250. The first kappa shape index (κ1) is 13.6. The highest BCUT2D eigenvalue weighted by atomic mass is 16.5. The van der Waals surface area contributed by atoms with Crippen molar-refractivity contribution in [1.29, 1.82) is 0 Å². The van der Waals surface area contributed by atoms with Crippen LogP contribution in [0.2, 0.25) is 0 Å². The van der Waals surface area contributed by atoms with Crippen LogP contribution < -0.4 is 16.0 Å². The van der Waals surface area contributed by atoms with E-state index in [9.17, 15) is 0 Å². The lowest BCUT2D eigenvalue weighted by Crippen LogP contribution is -2.29. The molecule has 0 spiro atoms. The molecule has 0 aliphatic carbocycles. The summed E-state index contributed by atoms with van der Waals surface area (Å²) < 4.78 is 5.44. The highest BCUT2D eigenvalue weighted by molar-refractivity contribution is 5.30. The third-order valence-corrected chi connectivity index (χ3v) is 3.08. The van der Waals surface area contributed by atoms with Crippen LogP contribution in [-0.4, -0.2) is 6.61 Å². The predicted octanol–water partition coefficient (Wildman–Crippen LogP) is 2.83. The second-order valence-corrected chi connectivity index (χ2v) is 4.41. The number of rotatable bonds is 6. The van der Waals surface area contributed by atoms with Crippen LogP contribution in [0.15, 0.2) is 54.6 Å². The summed E-state index contributed by atoms with van der Waals surface area (Å²) in [6, 6.07) is 18.5. The summed E-state index contributed by atoms with van der Waals surface area (Å²) in [6.07, 6.45) is 0.866. The molecular weight excluding hydrogens is 236 g/mol. The minimum absolute atomic E-state index is 0.109. The fourth-order valence-electron chi connectivity index (χ4n) is 2.09. The molecule has 0 aliphatic rings. The van der Waals surface area contributed by atoms with Crippen LogP contribution in [0.4, 0.5) is 0 Å². The van der Waals surface area contributed by atoms with Crippen LogP contribution in [0.1, 0.15) is 24.1 Å². The van der Waals surface area contributed by atoms with Gasteiger partial charge in [-0.3, -0.25) is 11.3 Å². The first-order valence-electron chi connectivity index (χ1n) is 6.56. The topological polar surface area (TPSA) is 47.3 Å². The maximum absolute atomic E-state index is 5.67. The van der Waals surface area contributed by atoms with Crippen molar-refractivity contribution in [2.24, 2.45) is 5.84 Å². The average molecular weight is 256 g/mol. The van der Waals surface area contributed by atoms with Gasteiger partial charge >= 0.3 is 0 Å². The van der Waals surface area contributed by atoms with Gasteiger partial charge in [0.25, 0.3) is 0 Å². The Morgan fingerprint density at radius 2 is 1.74 bits per heavy atom. The second-order valence-electron chi connectivity index (χ2n) is 4.41. The van der Waals surface area contributed by atoms with Crippen LogP contribution in [0, 0.1) is 0 Å². The van der Waals surface area contributed by atoms with E-state index in [1.54, 1.807) is 0 Å². The molecule has 0 saturated heterocycles. The van der Waals surface area contributed by atoms with Gasteiger partial charge in [-0.1, -0.05) is 42.5 Å². The van der Waals surface area contributed by atoms with E-state index in [0.29, 0.717) is 6.61 Å². The molecule has 19 heavy (non-hydrogen) atoms. The number of nitrogens with two attached hydrogens (primary N) is 1. The zero-order chi connectivity index (χ0) is 13.5. The van der Waals surface area contributed by atoms with Crippen molar-refractivity contribution >= 4 is 0 Å². The van der Waals surface area contributed by atoms with Crippen LogP contribution in [-0.2, 0) is 6.42 Å². The summed E-state index contributed by atoms with van der Waals surface area (Å²) in [5, 5.41) is 0. The Morgan fingerprint density at radius 1 is 1.05 bits per heavy atom. The Bertz CT molecular complexity index is 482. The monoisotopic (exact) mass is 256 g/mol. The smallest absolute Gasteiger partial charge is 0.119 e. The van der Waals surface area contributed by atoms with Crippen molar-refractivity contribution in [3.8, 4) is 5.75 Å². The molecule has 3 nitrogen and oxygen atoms in total. The summed E-state index contributed by atoms with van der Waals surface area (Å²) in [7, 11) is 0. The number of hydrogen-bond donors (Lipinski definition) is 2. The standard InChI is InChI=1S/C16H20N2O/c1-2-19-15-10-8-14(9-11-15)16(18-17)12-13-6-4-3-5-7-13/h3-11,16,18H,2,12,17H2,1H3. The molecule has 0 heterocycles. The van der Waals surface area contributed by atoms with Gasteiger partial charge in [0, 0.05) is 6.04 Å². The van der Waals surface area contributed by atoms with E-state index in [2.05, 4.69) is 29.7 Å². The predicted molar refractivity (Wildman–Crippen MR) is 77.8 cm³/mol. The first-order chi connectivity index (χ1) is 9.33. The molecule has 1 atom stereocenters. The Hall–Kier alpha value is -1.84. The molecule has 100 valence electrons. The Morgan fingerprint density at radius 3 is 2.32 bits per heavy atom. The second kappa shape index (κ2) is 6.92. The number of ether oxygens (including phenoxy) is 1. The molecule has 3 heteroatoms. The molecule has 2 rings (SSSR count). The molecule has 0 aliphatic heterocycles. The summed E-state index contributed by atoms with van der Waals surface area (Å²) in [5.74, 6) is 6.56. The maximum Gasteiger partial charge on any atom is 0.119 e. The van der Waals surface area contributed by atoms with E-state index in [1.807, 2.05) is 37.3 Å². The van der Waals surface area contributed by atoms with Gasteiger partial charge in [-0.2, -0.15) is 0 Å². The third kappa shape index (κ3) is 3.81. The summed E-state index contributed by atoms with van der Waals surface area (Å²) in [4.78, 5) is 0. The van der Waals surface area contributed by atoms with Crippen molar-refractivity contribution in [1.82, 2.24) is 5.43 Å². The maximum atomic E-state index is 5.67. The molecule has 0 radical (unpaired) electrons. The lowest BCUT2D eigenvalue weighted by atomic mass is 9.99. The summed E-state index contributed by atoms with van der Waals surface area (Å²) >= 11 is 0. The lowest BCUT2D eigenvalue weighted by Gasteiger charge is -2.17. The molecule has 2 aromatic carbocycles. The normalized spacial score (nSPS) is 12.1. The molecular formula is C16H20N2O. The largest absolute Gasteiger partial charge is 0.494 e. The van der Waals surface area contributed by atoms with Gasteiger partial charge in [0.1, 0.15) is 5.75 Å². The van der Waals surface area contributed by atoms with Gasteiger partial charge in [0.2, 0.25) is 0 Å². The van der Waals surface area contributed by atoms with Gasteiger partial charge in [-0.15, -0.1) is 0 Å². The molecule has 0 bridgehead atoms. The van der Waals surface area contributed by atoms with Crippen molar-refractivity contribution in [2.75, 3.05) is 6.61 Å². The molecule has 0 amide bonds. The van der Waals surface area contributed by atoms with E-state index < -0.39 is 0 Å². The quantitative estimate of drug-likeness (QED) is 0.617. The van der Waals surface area contributed by atoms with E-state index in [4.69, 9.17) is 10.6 Å². The highest BCUT2D eigenvalue weighted by Gasteiger charge is 2.10. The molecule has 0 aromatic heterocycles. The van der Waals surface area contributed by atoms with Crippen molar-refractivity contribution in [2.45, 2.75) is 19.4 Å². The molecule has 0 fully saturated rings. The number of hydrazine groups is 1. The van der Waals surface area contributed by atoms with Gasteiger partial charge < -0.3 is 4.74 Å². The molecule has 2 aromatic rings. The fourth-order valence-corrected chi connectivity index (χ4v) is 2.09. The Balaban J connectivity index is 2.08. The number of benzene rings is 2. The first-order valence-corrected chi connectivity index (χ1v) is 6.56. The van der Waals surface area contributed by atoms with Crippen LogP contribution >= 0.6 is 0 Å². The van der Waals surface area contributed by atoms with Gasteiger partial charge in [0.05, 0.1) is 6.61 Å². The minimum atomic E-state index is 0.109. The van der Waals surface area contributed by atoms with Gasteiger partial charge in [-0.05, 0) is 36.6 Å². The van der Waals surface area contributed by atoms with E-state index >= 15 is 0 Å². The minimum Gasteiger partial charge on any atom is -0.494 e. The number of hydrogen-bond acceptors (Lipinski definition) is 3. The SMILES string of the molecule is CCOc1ccc(C(Cc2ccccc2)NN)cc1. The van der Waals surface area contributed by atoms with Crippen molar-refractivity contribution in [3.63, 3.8) is 0 Å². The third-order valence-electron chi connectivity index (χ3n) is 3.08. The molecule has 3 N–H and O–H groups in total. The van der Waals surface area contributed by atoms with Crippen molar-refractivity contribution in [3.05, 3.63) is 65.7 Å². The number of nitrogens with one attached hydrogen (secondary N) is 1. The van der Waals surface area contributed by atoms with Crippen LogP contribution in [0.25, 0.3) is 0 Å². The van der Waals surface area contributed by atoms with Crippen molar-refractivity contribution < 1.29 is 4.74 Å². The lowest BCUT2D eigenvalue weighted by molar-refractivity contribution is 0.340. The molecule has 1 unspecified atom stereocenters. The highest BCUT2D eigenvalue weighted by Crippen LogP contribution is 2.20. The summed E-state index contributed by atoms with van der Waals surface area (Å²) in [5.41, 5.74) is 5.30. The Labute approximate surface area is 114 Å². The average Bonchev–Trinajstić information content (AvgIpc) is 2.47. The van der Waals surface area contributed by atoms with Crippen LogP contribution in [0.3, 0.4) is 0 Å². The zero-order valence-electron chi connectivity index (χ0n) is 11.2. The summed E-state index contributed by atoms with van der Waals surface area (Å²) in [6.45, 7) is 2.66. The zero-order valence-corrected chi connectivity index (χ0v) is 11.2. The van der Waals surface area contributed by atoms with E-state index in [-0.39, 0.29) is 6.04 Å².